The summed E-state index contributed by atoms with van der Waals surface area (Å²) in [6.07, 6.45) is 16.9. The van der Waals surface area contributed by atoms with Crippen LogP contribution in [-0.4, -0.2) is 13.1 Å². The molecule has 0 spiro atoms. The maximum absolute atomic E-state index is 3.57. The lowest BCUT2D eigenvalue weighted by atomic mass is 10.1. The van der Waals surface area contributed by atoms with E-state index in [1.165, 1.54) is 90.1 Å². The van der Waals surface area contributed by atoms with E-state index in [1.807, 2.05) is 0 Å². The highest BCUT2D eigenvalue weighted by molar-refractivity contribution is 4.51. The lowest BCUT2D eigenvalue weighted by Gasteiger charge is -2.04. The third kappa shape index (κ3) is 18.3. The number of hydrogen-bond donors (Lipinski definition) is 1. The first-order valence-corrected chi connectivity index (χ1v) is 8.12. The fourth-order valence-corrected chi connectivity index (χ4v) is 2.19. The number of rotatable bonds is 14. The molecule has 112 valence electrons. The Morgan fingerprint density at radius 2 is 0.833 bits per heavy atom. The molecule has 0 aromatic carbocycles. The average Bonchev–Trinajstić information content (AvgIpc) is 2.35. The van der Waals surface area contributed by atoms with Gasteiger partial charge in [-0.1, -0.05) is 78.1 Å². The summed E-state index contributed by atoms with van der Waals surface area (Å²) < 4.78 is 0. The maximum Gasteiger partial charge on any atom is -0.00489 e. The van der Waals surface area contributed by atoms with Crippen LogP contribution in [0.1, 0.15) is 90.9 Å². The Hall–Kier alpha value is -0.110. The van der Waals surface area contributed by atoms with Crippen molar-refractivity contribution in [2.24, 2.45) is 0 Å². The number of hydrogen-bond acceptors (Lipinski definition) is 1. The number of halogens is 1. The molecule has 0 unspecified atom stereocenters. The molecule has 0 saturated heterocycles. The minimum Gasteiger partial charge on any atom is -0.317 e. The van der Waals surface area contributed by atoms with Crippen molar-refractivity contribution in [3.8, 4) is 0 Å². The summed E-state index contributed by atoms with van der Waals surface area (Å²) in [5.41, 5.74) is 0. The highest BCUT2D eigenvalue weighted by atomic mass is 19.0. The van der Waals surface area contributed by atoms with Crippen molar-refractivity contribution in [3.63, 3.8) is 0 Å². The molecule has 0 saturated carbocycles. The van der Waals surface area contributed by atoms with Crippen molar-refractivity contribution < 1.29 is 4.70 Å². The number of unbranched alkanes of at least 4 members (excludes halogenated alkanes) is 10. The zero-order chi connectivity index (χ0) is 12.6. The molecule has 0 amide bonds. The molecule has 1 nitrogen and oxygen atoms in total. The Morgan fingerprint density at radius 3 is 1.22 bits per heavy atom. The van der Waals surface area contributed by atoms with Crippen molar-refractivity contribution in [1.29, 1.82) is 0 Å². The van der Waals surface area contributed by atoms with Crippen LogP contribution in [0.4, 0.5) is 4.70 Å². The van der Waals surface area contributed by atoms with Crippen LogP contribution in [0.3, 0.4) is 0 Å². The summed E-state index contributed by atoms with van der Waals surface area (Å²) in [6, 6.07) is 0. The SMILES string of the molecule is CCCCCCCCNCCCCCCCC.F. The van der Waals surface area contributed by atoms with Crippen LogP contribution < -0.4 is 5.32 Å². The topological polar surface area (TPSA) is 12.0 Å². The quantitative estimate of drug-likeness (QED) is 0.410. The highest BCUT2D eigenvalue weighted by Crippen LogP contribution is 2.05. The minimum absolute atomic E-state index is 0. The monoisotopic (exact) mass is 261 g/mol. The third-order valence-corrected chi connectivity index (χ3v) is 3.41. The molecular weight excluding hydrogens is 225 g/mol. The largest absolute Gasteiger partial charge is 0.317 e. The standard InChI is InChI=1S/C16H35N.FH/c1-3-5-7-9-11-13-15-17-16-14-12-10-8-6-4-2;/h17H,3-16H2,1-2H3;1H. The van der Waals surface area contributed by atoms with Crippen molar-refractivity contribution in [3.05, 3.63) is 0 Å². The van der Waals surface area contributed by atoms with Gasteiger partial charge in [-0.2, -0.15) is 0 Å². The molecule has 0 aromatic heterocycles. The van der Waals surface area contributed by atoms with Crippen LogP contribution in [0.25, 0.3) is 0 Å². The van der Waals surface area contributed by atoms with E-state index < -0.39 is 0 Å². The molecule has 0 heterocycles. The van der Waals surface area contributed by atoms with Gasteiger partial charge in [-0.05, 0) is 25.9 Å². The second-order valence-corrected chi connectivity index (χ2v) is 5.29. The zero-order valence-corrected chi connectivity index (χ0v) is 12.8. The molecule has 2 heteroatoms. The first kappa shape index (κ1) is 20.2. The van der Waals surface area contributed by atoms with Gasteiger partial charge in [0.2, 0.25) is 0 Å². The summed E-state index contributed by atoms with van der Waals surface area (Å²) in [5, 5.41) is 3.57. The number of nitrogens with one attached hydrogen (secondary N) is 1. The Bertz CT molecular complexity index is 114. The van der Waals surface area contributed by atoms with Gasteiger partial charge < -0.3 is 5.32 Å². The Kier molecular flexibility index (Phi) is 21.6. The molecule has 0 aliphatic rings. The van der Waals surface area contributed by atoms with Gasteiger partial charge in [0.25, 0.3) is 0 Å². The summed E-state index contributed by atoms with van der Waals surface area (Å²) in [7, 11) is 0. The van der Waals surface area contributed by atoms with E-state index in [1.54, 1.807) is 0 Å². The van der Waals surface area contributed by atoms with Gasteiger partial charge in [0, 0.05) is 0 Å². The van der Waals surface area contributed by atoms with Crippen LogP contribution in [-0.2, 0) is 0 Å². The summed E-state index contributed by atoms with van der Waals surface area (Å²) in [4.78, 5) is 0. The summed E-state index contributed by atoms with van der Waals surface area (Å²) >= 11 is 0. The van der Waals surface area contributed by atoms with E-state index in [0.29, 0.717) is 0 Å². The predicted molar refractivity (Wildman–Crippen MR) is 82.1 cm³/mol. The average molecular weight is 261 g/mol. The molecule has 0 radical (unpaired) electrons. The molecule has 0 bridgehead atoms. The van der Waals surface area contributed by atoms with Crippen LogP contribution >= 0.6 is 0 Å². The first-order valence-electron chi connectivity index (χ1n) is 8.12. The Morgan fingerprint density at radius 1 is 0.500 bits per heavy atom. The van der Waals surface area contributed by atoms with Crippen molar-refractivity contribution in [2.75, 3.05) is 13.1 Å². The Balaban J connectivity index is 0. The molecular formula is C16H36FN. The smallest absolute Gasteiger partial charge is 0.00489 e. The van der Waals surface area contributed by atoms with E-state index in [9.17, 15) is 0 Å². The molecule has 0 rings (SSSR count). The van der Waals surface area contributed by atoms with Crippen molar-refractivity contribution in [2.45, 2.75) is 90.9 Å². The Labute approximate surface area is 114 Å². The lowest BCUT2D eigenvalue weighted by Crippen LogP contribution is -2.16. The van der Waals surface area contributed by atoms with Gasteiger partial charge >= 0.3 is 0 Å². The van der Waals surface area contributed by atoms with Gasteiger partial charge in [-0.15, -0.1) is 0 Å². The first-order chi connectivity index (χ1) is 8.41. The second kappa shape index (κ2) is 19.2. The van der Waals surface area contributed by atoms with Crippen molar-refractivity contribution >= 4 is 0 Å². The molecule has 0 aromatic rings. The normalized spacial score (nSPS) is 10.3. The molecule has 0 fully saturated rings. The van der Waals surface area contributed by atoms with Crippen LogP contribution in [0.5, 0.6) is 0 Å². The van der Waals surface area contributed by atoms with Gasteiger partial charge in [-0.25, -0.2) is 0 Å². The maximum atomic E-state index is 3.57. The van der Waals surface area contributed by atoms with Crippen molar-refractivity contribution in [1.82, 2.24) is 5.32 Å². The van der Waals surface area contributed by atoms with E-state index in [-0.39, 0.29) is 4.70 Å². The van der Waals surface area contributed by atoms with Gasteiger partial charge in [0.15, 0.2) is 0 Å². The highest BCUT2D eigenvalue weighted by Gasteiger charge is 1.92. The van der Waals surface area contributed by atoms with Crippen LogP contribution in [0.2, 0.25) is 0 Å². The third-order valence-electron chi connectivity index (χ3n) is 3.41. The zero-order valence-electron chi connectivity index (χ0n) is 12.8. The second-order valence-electron chi connectivity index (χ2n) is 5.29. The van der Waals surface area contributed by atoms with E-state index in [4.69, 9.17) is 0 Å². The molecule has 0 aliphatic heterocycles. The molecule has 0 aliphatic carbocycles. The van der Waals surface area contributed by atoms with E-state index in [0.717, 1.165) is 0 Å². The van der Waals surface area contributed by atoms with E-state index in [2.05, 4.69) is 19.2 Å². The minimum atomic E-state index is 0. The van der Waals surface area contributed by atoms with Crippen LogP contribution in [0, 0.1) is 0 Å². The van der Waals surface area contributed by atoms with Gasteiger partial charge in [0.1, 0.15) is 0 Å². The fourth-order valence-electron chi connectivity index (χ4n) is 2.19. The summed E-state index contributed by atoms with van der Waals surface area (Å²) in [6.45, 7) is 7.03. The van der Waals surface area contributed by atoms with Gasteiger partial charge in [0.05, 0.1) is 0 Å². The van der Waals surface area contributed by atoms with E-state index >= 15 is 0 Å². The predicted octanol–water partition coefficient (Wildman–Crippen LogP) is 5.45. The molecule has 0 atom stereocenters. The fraction of sp³-hybridized carbons (Fsp3) is 1.00. The molecule has 18 heavy (non-hydrogen) atoms. The van der Waals surface area contributed by atoms with Gasteiger partial charge in [-0.3, -0.25) is 4.70 Å². The summed E-state index contributed by atoms with van der Waals surface area (Å²) in [5.74, 6) is 0. The lowest BCUT2D eigenvalue weighted by molar-refractivity contribution is 0.543. The molecule has 1 N–H and O–H groups in total. The van der Waals surface area contributed by atoms with Crippen LogP contribution in [0.15, 0.2) is 0 Å².